The average Bonchev–Trinajstić information content (AvgIpc) is 2.30. The Hall–Kier alpha value is -1.68. The van der Waals surface area contributed by atoms with Crippen LogP contribution in [-0.4, -0.2) is 10.9 Å². The second-order valence-corrected chi connectivity index (χ2v) is 5.42. The first-order valence-electron chi connectivity index (χ1n) is 5.98. The fraction of sp³-hybridized carbons (Fsp3) is 0.200. The fourth-order valence-corrected chi connectivity index (χ4v) is 2.54. The maximum atomic E-state index is 12.3. The van der Waals surface area contributed by atoms with Crippen molar-refractivity contribution in [3.8, 4) is 0 Å². The van der Waals surface area contributed by atoms with Crippen molar-refractivity contribution < 1.29 is 4.79 Å². The van der Waals surface area contributed by atoms with Crippen LogP contribution < -0.4 is 5.32 Å². The van der Waals surface area contributed by atoms with Crippen LogP contribution in [0.25, 0.3) is 0 Å². The van der Waals surface area contributed by atoms with Crippen molar-refractivity contribution in [1.82, 2.24) is 4.98 Å². The van der Waals surface area contributed by atoms with E-state index in [9.17, 15) is 4.79 Å². The van der Waals surface area contributed by atoms with E-state index in [2.05, 4.69) is 26.2 Å². The molecule has 0 radical (unpaired) electrons. The van der Waals surface area contributed by atoms with E-state index in [0.29, 0.717) is 11.4 Å². The summed E-state index contributed by atoms with van der Waals surface area (Å²) in [7, 11) is 0. The molecular formula is C15H15BrN2O. The number of nitrogens with one attached hydrogen (secondary N) is 1. The molecule has 1 N–H and O–H groups in total. The summed E-state index contributed by atoms with van der Waals surface area (Å²) in [5, 5.41) is 2.83. The van der Waals surface area contributed by atoms with Crippen LogP contribution in [0.4, 0.5) is 5.82 Å². The lowest BCUT2D eigenvalue weighted by Crippen LogP contribution is -2.16. The predicted molar refractivity (Wildman–Crippen MR) is 80.5 cm³/mol. The Morgan fingerprint density at radius 1 is 1.21 bits per heavy atom. The number of carbonyl (C=O) groups is 1. The molecule has 0 aliphatic carbocycles. The summed E-state index contributed by atoms with van der Waals surface area (Å²) in [6, 6.07) is 7.67. The number of aromatic nitrogens is 1. The molecule has 98 valence electrons. The summed E-state index contributed by atoms with van der Waals surface area (Å²) >= 11 is 3.37. The lowest BCUT2D eigenvalue weighted by Gasteiger charge is -2.12. The van der Waals surface area contributed by atoms with Crippen LogP contribution in [0.2, 0.25) is 0 Å². The van der Waals surface area contributed by atoms with Gasteiger partial charge in [0, 0.05) is 11.8 Å². The lowest BCUT2D eigenvalue weighted by atomic mass is 9.99. The van der Waals surface area contributed by atoms with E-state index in [1.807, 2.05) is 45.0 Å². The van der Waals surface area contributed by atoms with Gasteiger partial charge >= 0.3 is 0 Å². The van der Waals surface area contributed by atoms with Crippen LogP contribution in [0.15, 0.2) is 34.9 Å². The Bertz CT molecular complexity index is 615. The molecule has 2 rings (SSSR count). The maximum Gasteiger partial charge on any atom is 0.257 e. The smallest absolute Gasteiger partial charge is 0.257 e. The van der Waals surface area contributed by atoms with Crippen molar-refractivity contribution in [2.45, 2.75) is 20.8 Å². The summed E-state index contributed by atoms with van der Waals surface area (Å²) in [4.78, 5) is 16.5. The van der Waals surface area contributed by atoms with Gasteiger partial charge in [-0.05, 0) is 60.0 Å². The number of pyridine rings is 1. The van der Waals surface area contributed by atoms with Gasteiger partial charge in [-0.2, -0.15) is 0 Å². The number of nitrogens with zero attached hydrogens (tertiary/aromatic N) is 1. The number of rotatable bonds is 2. The van der Waals surface area contributed by atoms with E-state index in [0.717, 1.165) is 21.2 Å². The highest BCUT2D eigenvalue weighted by Crippen LogP contribution is 2.21. The SMILES string of the molecule is Cc1cc(C)c(C(=O)Nc2ncccc2Br)c(C)c1. The van der Waals surface area contributed by atoms with Crippen LogP contribution in [0.3, 0.4) is 0 Å². The first kappa shape index (κ1) is 13.7. The number of halogens is 1. The highest BCUT2D eigenvalue weighted by Gasteiger charge is 2.14. The predicted octanol–water partition coefficient (Wildman–Crippen LogP) is 4.02. The molecule has 0 bridgehead atoms. The largest absolute Gasteiger partial charge is 0.306 e. The van der Waals surface area contributed by atoms with Crippen molar-refractivity contribution in [3.63, 3.8) is 0 Å². The molecule has 3 nitrogen and oxygen atoms in total. The molecule has 4 heteroatoms. The second-order valence-electron chi connectivity index (χ2n) is 4.56. The Morgan fingerprint density at radius 3 is 2.42 bits per heavy atom. The molecule has 0 saturated carbocycles. The van der Waals surface area contributed by atoms with E-state index in [4.69, 9.17) is 0 Å². The second kappa shape index (κ2) is 5.53. The van der Waals surface area contributed by atoms with Crippen molar-refractivity contribution in [2.75, 3.05) is 5.32 Å². The standard InChI is InChI=1S/C15H15BrN2O/c1-9-7-10(2)13(11(3)8-9)15(19)18-14-12(16)5-4-6-17-14/h4-8H,1-3H3,(H,17,18,19). The third kappa shape index (κ3) is 3.01. The molecule has 19 heavy (non-hydrogen) atoms. The van der Waals surface area contributed by atoms with Crippen LogP contribution in [-0.2, 0) is 0 Å². The Labute approximate surface area is 121 Å². The number of amides is 1. The minimum Gasteiger partial charge on any atom is -0.306 e. The maximum absolute atomic E-state index is 12.3. The van der Waals surface area contributed by atoms with E-state index in [1.165, 1.54) is 0 Å². The first-order valence-corrected chi connectivity index (χ1v) is 6.78. The highest BCUT2D eigenvalue weighted by atomic mass is 79.9. The van der Waals surface area contributed by atoms with Crippen LogP contribution >= 0.6 is 15.9 Å². The Balaban J connectivity index is 2.34. The number of hydrogen-bond donors (Lipinski definition) is 1. The number of benzene rings is 1. The Kier molecular flexibility index (Phi) is 4.00. The molecule has 0 fully saturated rings. The first-order chi connectivity index (χ1) is 8.99. The van der Waals surface area contributed by atoms with E-state index < -0.39 is 0 Å². The van der Waals surface area contributed by atoms with Gasteiger partial charge in [0.05, 0.1) is 4.47 Å². The van der Waals surface area contributed by atoms with Gasteiger partial charge in [0.1, 0.15) is 5.82 Å². The van der Waals surface area contributed by atoms with Gasteiger partial charge in [-0.25, -0.2) is 4.98 Å². The summed E-state index contributed by atoms with van der Waals surface area (Å²) < 4.78 is 0.769. The molecule has 2 aromatic rings. The average molecular weight is 319 g/mol. The summed E-state index contributed by atoms with van der Waals surface area (Å²) in [5.41, 5.74) is 3.82. The van der Waals surface area contributed by atoms with Crippen LogP contribution in [0.5, 0.6) is 0 Å². The van der Waals surface area contributed by atoms with Gasteiger partial charge in [-0.1, -0.05) is 17.7 Å². The summed E-state index contributed by atoms with van der Waals surface area (Å²) in [5.74, 6) is 0.404. The monoisotopic (exact) mass is 318 g/mol. The number of carbonyl (C=O) groups excluding carboxylic acids is 1. The number of anilines is 1. The van der Waals surface area contributed by atoms with Crippen molar-refractivity contribution in [1.29, 1.82) is 0 Å². The normalized spacial score (nSPS) is 10.3. The zero-order chi connectivity index (χ0) is 14.0. The van der Waals surface area contributed by atoms with Crippen molar-refractivity contribution >= 4 is 27.7 Å². The summed E-state index contributed by atoms with van der Waals surface area (Å²) in [6.07, 6.45) is 1.65. The molecule has 0 unspecified atom stereocenters. The van der Waals surface area contributed by atoms with Crippen molar-refractivity contribution in [3.05, 3.63) is 57.2 Å². The van der Waals surface area contributed by atoms with Gasteiger partial charge in [0.2, 0.25) is 0 Å². The molecule has 0 aliphatic rings. The minimum absolute atomic E-state index is 0.130. The van der Waals surface area contributed by atoms with Crippen LogP contribution in [0, 0.1) is 20.8 Å². The van der Waals surface area contributed by atoms with Gasteiger partial charge in [-0.15, -0.1) is 0 Å². The topological polar surface area (TPSA) is 42.0 Å². The molecule has 0 saturated heterocycles. The fourth-order valence-electron chi connectivity index (χ4n) is 2.19. The molecule has 1 amide bonds. The van der Waals surface area contributed by atoms with Gasteiger partial charge in [-0.3, -0.25) is 4.79 Å². The van der Waals surface area contributed by atoms with Gasteiger partial charge in [0.15, 0.2) is 0 Å². The third-order valence-corrected chi connectivity index (χ3v) is 3.53. The zero-order valence-electron chi connectivity index (χ0n) is 11.1. The number of aryl methyl sites for hydroxylation is 3. The Morgan fingerprint density at radius 2 is 1.84 bits per heavy atom. The molecule has 0 aliphatic heterocycles. The zero-order valence-corrected chi connectivity index (χ0v) is 12.7. The lowest BCUT2D eigenvalue weighted by molar-refractivity contribution is 0.102. The molecule has 1 aromatic heterocycles. The molecular weight excluding hydrogens is 304 g/mol. The number of hydrogen-bond acceptors (Lipinski definition) is 2. The van der Waals surface area contributed by atoms with Crippen molar-refractivity contribution in [2.24, 2.45) is 0 Å². The molecule has 0 spiro atoms. The molecule has 0 atom stereocenters. The van der Waals surface area contributed by atoms with E-state index >= 15 is 0 Å². The summed E-state index contributed by atoms with van der Waals surface area (Å²) in [6.45, 7) is 5.92. The van der Waals surface area contributed by atoms with Gasteiger partial charge in [0.25, 0.3) is 5.91 Å². The van der Waals surface area contributed by atoms with Gasteiger partial charge < -0.3 is 5.32 Å². The minimum atomic E-state index is -0.130. The molecule has 1 aromatic carbocycles. The quantitative estimate of drug-likeness (QED) is 0.908. The highest BCUT2D eigenvalue weighted by molar-refractivity contribution is 9.10. The van der Waals surface area contributed by atoms with Crippen LogP contribution in [0.1, 0.15) is 27.0 Å². The third-order valence-electron chi connectivity index (χ3n) is 2.89. The molecule has 1 heterocycles. The van der Waals surface area contributed by atoms with E-state index in [-0.39, 0.29) is 5.91 Å². The van der Waals surface area contributed by atoms with E-state index in [1.54, 1.807) is 6.20 Å².